The van der Waals surface area contributed by atoms with Gasteiger partial charge in [0.2, 0.25) is 0 Å². The van der Waals surface area contributed by atoms with Crippen molar-refractivity contribution in [1.82, 2.24) is 0 Å². The highest BCUT2D eigenvalue weighted by atomic mass is 19.2. The molecule has 3 rings (SSSR count). The summed E-state index contributed by atoms with van der Waals surface area (Å²) in [6.07, 6.45) is 23.8. The first kappa shape index (κ1) is 24.0. The highest BCUT2D eigenvalue weighted by Crippen LogP contribution is 2.38. The van der Waals surface area contributed by atoms with Gasteiger partial charge in [-0.1, -0.05) is 89.0 Å². The standard InChI is InChI=1S/C29H40F2/c1-2-3-4-7-23-10-14-25(15-11-23)18-19-26-16-12-24(13-17-26)8-5-6-9-27-20-21-28(30)29(31)22-27/h5,8,20-26H,2-4,7,10-19H2,1H3. The molecule has 0 saturated heterocycles. The molecule has 0 unspecified atom stereocenters. The third kappa shape index (κ3) is 8.44. The molecular weight excluding hydrogens is 386 g/mol. The number of halogens is 2. The number of rotatable bonds is 8. The number of unbranched alkanes of at least 4 members (excludes halogenated alkanes) is 2. The molecule has 2 heteroatoms. The summed E-state index contributed by atoms with van der Waals surface area (Å²) < 4.78 is 26.2. The Morgan fingerprint density at radius 1 is 0.806 bits per heavy atom. The second-order valence-corrected chi connectivity index (χ2v) is 10.00. The zero-order valence-corrected chi connectivity index (χ0v) is 19.4. The predicted molar refractivity (Wildman–Crippen MR) is 127 cm³/mol. The van der Waals surface area contributed by atoms with Gasteiger partial charge in [-0.15, -0.1) is 0 Å². The number of hydrogen-bond acceptors (Lipinski definition) is 0. The van der Waals surface area contributed by atoms with Gasteiger partial charge in [0.25, 0.3) is 0 Å². The maximum absolute atomic E-state index is 13.2. The summed E-state index contributed by atoms with van der Waals surface area (Å²) in [6.45, 7) is 2.30. The van der Waals surface area contributed by atoms with Crippen molar-refractivity contribution in [3.63, 3.8) is 0 Å². The first-order chi connectivity index (χ1) is 15.1. The minimum atomic E-state index is -0.839. The molecule has 1 aromatic carbocycles. The molecule has 31 heavy (non-hydrogen) atoms. The summed E-state index contributed by atoms with van der Waals surface area (Å²) in [6, 6.07) is 3.80. The van der Waals surface area contributed by atoms with Crippen LogP contribution in [0.3, 0.4) is 0 Å². The Hall–Kier alpha value is -1.62. The molecule has 0 nitrogen and oxygen atoms in total. The molecule has 0 radical (unpaired) electrons. The van der Waals surface area contributed by atoms with Gasteiger partial charge >= 0.3 is 0 Å². The zero-order chi connectivity index (χ0) is 21.9. The summed E-state index contributed by atoms with van der Waals surface area (Å²) in [7, 11) is 0. The summed E-state index contributed by atoms with van der Waals surface area (Å²) in [5, 5.41) is 0. The molecular formula is C29H40F2. The first-order valence-electron chi connectivity index (χ1n) is 12.8. The second-order valence-electron chi connectivity index (χ2n) is 10.00. The maximum atomic E-state index is 13.2. The lowest BCUT2D eigenvalue weighted by molar-refractivity contribution is 0.219. The molecule has 0 bridgehead atoms. The van der Waals surface area contributed by atoms with Crippen molar-refractivity contribution in [1.29, 1.82) is 0 Å². The minimum absolute atomic E-state index is 0.516. The number of hydrogen-bond donors (Lipinski definition) is 0. The Kier molecular flexibility index (Phi) is 10.1. The van der Waals surface area contributed by atoms with Gasteiger partial charge in [0, 0.05) is 5.56 Å². The molecule has 0 N–H and O–H groups in total. The van der Waals surface area contributed by atoms with E-state index in [0.717, 1.165) is 29.9 Å². The Morgan fingerprint density at radius 2 is 1.42 bits per heavy atom. The van der Waals surface area contributed by atoms with E-state index in [1.54, 1.807) is 0 Å². The highest BCUT2D eigenvalue weighted by molar-refractivity contribution is 5.37. The van der Waals surface area contributed by atoms with Crippen molar-refractivity contribution < 1.29 is 8.78 Å². The van der Waals surface area contributed by atoms with Crippen LogP contribution in [0.2, 0.25) is 0 Å². The first-order valence-corrected chi connectivity index (χ1v) is 12.8. The van der Waals surface area contributed by atoms with E-state index in [9.17, 15) is 8.78 Å². The summed E-state index contributed by atoms with van der Waals surface area (Å²) in [4.78, 5) is 0. The zero-order valence-electron chi connectivity index (χ0n) is 19.4. The van der Waals surface area contributed by atoms with Crippen LogP contribution in [0.15, 0.2) is 30.4 Å². The second kappa shape index (κ2) is 13.0. The Labute approximate surface area is 188 Å². The molecule has 2 fully saturated rings. The van der Waals surface area contributed by atoms with Crippen molar-refractivity contribution in [2.45, 2.75) is 96.8 Å². The van der Waals surface area contributed by atoms with Gasteiger partial charge in [0.15, 0.2) is 11.6 Å². The van der Waals surface area contributed by atoms with Crippen molar-refractivity contribution >= 4 is 0 Å². The van der Waals surface area contributed by atoms with Crippen molar-refractivity contribution in [3.05, 3.63) is 47.5 Å². The number of allylic oxidation sites excluding steroid dienone is 2. The van der Waals surface area contributed by atoms with Gasteiger partial charge in [-0.3, -0.25) is 0 Å². The van der Waals surface area contributed by atoms with Gasteiger partial charge in [0.05, 0.1) is 0 Å². The van der Waals surface area contributed by atoms with E-state index in [2.05, 4.69) is 24.8 Å². The van der Waals surface area contributed by atoms with Crippen LogP contribution < -0.4 is 0 Å². The molecule has 170 valence electrons. The van der Waals surface area contributed by atoms with Crippen LogP contribution in [0.1, 0.15) is 102 Å². The van der Waals surface area contributed by atoms with Gasteiger partial charge in [-0.2, -0.15) is 0 Å². The molecule has 0 spiro atoms. The third-order valence-electron chi connectivity index (χ3n) is 7.64. The molecule has 0 amide bonds. The van der Waals surface area contributed by atoms with Crippen LogP contribution in [0.25, 0.3) is 0 Å². The average molecular weight is 427 g/mol. The van der Waals surface area contributed by atoms with Gasteiger partial charge in [-0.25, -0.2) is 8.78 Å². The Morgan fingerprint density at radius 3 is 2.03 bits per heavy atom. The lowest BCUT2D eigenvalue weighted by Gasteiger charge is -2.31. The van der Waals surface area contributed by atoms with Crippen LogP contribution in [0, 0.1) is 47.1 Å². The van der Waals surface area contributed by atoms with Gasteiger partial charge in [0.1, 0.15) is 0 Å². The lowest BCUT2D eigenvalue weighted by Crippen LogP contribution is -2.17. The van der Waals surface area contributed by atoms with E-state index in [4.69, 9.17) is 0 Å². The molecule has 1 aromatic rings. The normalized spacial score (nSPS) is 26.5. The van der Waals surface area contributed by atoms with Crippen molar-refractivity contribution in [2.24, 2.45) is 23.7 Å². The highest BCUT2D eigenvalue weighted by Gasteiger charge is 2.24. The summed E-state index contributed by atoms with van der Waals surface area (Å²) >= 11 is 0. The fourth-order valence-corrected chi connectivity index (χ4v) is 5.52. The molecule has 0 atom stereocenters. The van der Waals surface area contributed by atoms with Crippen LogP contribution in [-0.2, 0) is 0 Å². The lowest BCUT2D eigenvalue weighted by atomic mass is 9.75. The fourth-order valence-electron chi connectivity index (χ4n) is 5.52. The van der Waals surface area contributed by atoms with Crippen molar-refractivity contribution in [3.8, 4) is 11.8 Å². The molecule has 0 aromatic heterocycles. The van der Waals surface area contributed by atoms with Crippen LogP contribution in [0.5, 0.6) is 0 Å². The molecule has 2 aliphatic rings. The van der Waals surface area contributed by atoms with E-state index in [-0.39, 0.29) is 0 Å². The Bertz CT molecular complexity index is 738. The van der Waals surface area contributed by atoms with Crippen LogP contribution in [0.4, 0.5) is 8.78 Å². The van der Waals surface area contributed by atoms with E-state index in [1.807, 2.05) is 6.08 Å². The van der Waals surface area contributed by atoms with Crippen molar-refractivity contribution in [2.75, 3.05) is 0 Å². The molecule has 0 aliphatic heterocycles. The molecule has 2 aliphatic carbocycles. The summed E-state index contributed by atoms with van der Waals surface area (Å²) in [5.74, 6) is 7.75. The van der Waals surface area contributed by atoms with E-state index >= 15 is 0 Å². The minimum Gasteiger partial charge on any atom is -0.204 e. The topological polar surface area (TPSA) is 0 Å². The largest absolute Gasteiger partial charge is 0.204 e. The fraction of sp³-hybridized carbons (Fsp3) is 0.655. The smallest absolute Gasteiger partial charge is 0.160 e. The van der Waals surface area contributed by atoms with Crippen LogP contribution in [-0.4, -0.2) is 0 Å². The SMILES string of the molecule is CCCCCC1CCC(CCC2CCC(C=CC#Cc3ccc(F)c(F)c3)CC2)CC1. The monoisotopic (exact) mass is 426 g/mol. The molecule has 2 saturated carbocycles. The van der Waals surface area contributed by atoms with Crippen LogP contribution >= 0.6 is 0 Å². The van der Waals surface area contributed by atoms with Gasteiger partial charge < -0.3 is 0 Å². The number of benzene rings is 1. The van der Waals surface area contributed by atoms with Gasteiger partial charge in [-0.05, 0) is 73.6 Å². The van der Waals surface area contributed by atoms with E-state index < -0.39 is 11.6 Å². The Balaban J connectivity index is 1.29. The van der Waals surface area contributed by atoms with E-state index in [1.165, 1.54) is 96.0 Å². The quantitative estimate of drug-likeness (QED) is 0.288. The predicted octanol–water partition coefficient (Wildman–Crippen LogP) is 8.85. The maximum Gasteiger partial charge on any atom is 0.160 e. The molecule has 0 heterocycles. The third-order valence-corrected chi connectivity index (χ3v) is 7.64. The summed E-state index contributed by atoms with van der Waals surface area (Å²) in [5.41, 5.74) is 0.516. The average Bonchev–Trinajstić information content (AvgIpc) is 2.79. The van der Waals surface area contributed by atoms with E-state index in [0.29, 0.717) is 11.5 Å².